The van der Waals surface area contributed by atoms with Crippen LogP contribution < -0.4 is 10.1 Å². The van der Waals surface area contributed by atoms with Crippen LogP contribution in [0.4, 0.5) is 4.39 Å². The van der Waals surface area contributed by atoms with Crippen molar-refractivity contribution in [2.75, 3.05) is 7.11 Å². The summed E-state index contributed by atoms with van der Waals surface area (Å²) in [6, 6.07) is 13.2. The van der Waals surface area contributed by atoms with Crippen LogP contribution in [0.5, 0.6) is 5.75 Å². The van der Waals surface area contributed by atoms with Crippen molar-refractivity contribution in [1.29, 1.82) is 0 Å². The third-order valence-corrected chi connectivity index (χ3v) is 4.73. The fourth-order valence-electron chi connectivity index (χ4n) is 3.10. The minimum atomic E-state index is -0.819. The third kappa shape index (κ3) is 3.82. The maximum atomic E-state index is 13.8. The molecule has 0 aliphatic heterocycles. The molecule has 132 valence electrons. The number of nitrogens with one attached hydrogen (secondary N) is 1. The van der Waals surface area contributed by atoms with Crippen molar-refractivity contribution < 1.29 is 19.0 Å². The molecule has 4 nitrogen and oxygen atoms in total. The number of aliphatic hydroxyl groups excluding tert-OH is 1. The number of ether oxygens (including phenoxy) is 1. The zero-order chi connectivity index (χ0) is 18.0. The van der Waals surface area contributed by atoms with Crippen molar-refractivity contribution >= 4 is 5.91 Å². The smallest absolute Gasteiger partial charge is 0.224 e. The average Bonchev–Trinajstić information content (AvgIpc) is 3.42. The van der Waals surface area contributed by atoms with Crippen molar-refractivity contribution in [2.24, 2.45) is 5.92 Å². The maximum Gasteiger partial charge on any atom is 0.224 e. The number of carbonyl (C=O) groups is 1. The van der Waals surface area contributed by atoms with Crippen LogP contribution in [0.1, 0.15) is 36.5 Å². The number of hydrogen-bond acceptors (Lipinski definition) is 3. The number of benzene rings is 2. The summed E-state index contributed by atoms with van der Waals surface area (Å²) in [6.07, 6.45) is -0.182. The third-order valence-electron chi connectivity index (χ3n) is 4.73. The van der Waals surface area contributed by atoms with Gasteiger partial charge >= 0.3 is 0 Å². The monoisotopic (exact) mass is 343 g/mol. The fraction of sp³-hybridized carbons (Fsp3) is 0.350. The Labute approximate surface area is 146 Å². The molecule has 2 aromatic rings. The first-order valence-electron chi connectivity index (χ1n) is 8.38. The molecular weight excluding hydrogens is 321 g/mol. The number of aliphatic hydroxyl groups is 1. The molecule has 0 spiro atoms. The van der Waals surface area contributed by atoms with Crippen LogP contribution in [-0.2, 0) is 4.79 Å². The van der Waals surface area contributed by atoms with Crippen molar-refractivity contribution in [3.63, 3.8) is 0 Å². The van der Waals surface area contributed by atoms with Gasteiger partial charge in [-0.3, -0.25) is 4.79 Å². The number of halogens is 1. The fourth-order valence-corrected chi connectivity index (χ4v) is 3.10. The zero-order valence-electron chi connectivity index (χ0n) is 14.3. The lowest BCUT2D eigenvalue weighted by Gasteiger charge is -2.21. The molecule has 0 radical (unpaired) electrons. The van der Waals surface area contributed by atoms with Gasteiger partial charge in [0.25, 0.3) is 0 Å². The van der Waals surface area contributed by atoms with Gasteiger partial charge in [0.2, 0.25) is 5.91 Å². The molecular formula is C20H22FNO3. The Morgan fingerprint density at radius 2 is 1.92 bits per heavy atom. The molecule has 0 saturated heterocycles. The quantitative estimate of drug-likeness (QED) is 0.847. The molecule has 1 amide bonds. The summed E-state index contributed by atoms with van der Waals surface area (Å²) in [5, 5.41) is 13.3. The van der Waals surface area contributed by atoms with E-state index in [1.54, 1.807) is 56.5 Å². The minimum absolute atomic E-state index is 0.0773. The molecule has 0 aromatic heterocycles. The van der Waals surface area contributed by atoms with Crippen LogP contribution in [-0.4, -0.2) is 24.2 Å². The predicted octanol–water partition coefficient (Wildman–Crippen LogP) is 3.18. The van der Waals surface area contributed by atoms with E-state index in [1.165, 1.54) is 6.07 Å². The first-order chi connectivity index (χ1) is 12.0. The molecule has 2 aromatic carbocycles. The number of rotatable bonds is 6. The summed E-state index contributed by atoms with van der Waals surface area (Å²) in [7, 11) is 1.58. The lowest BCUT2D eigenvalue weighted by molar-refractivity contribution is -0.123. The lowest BCUT2D eigenvalue weighted by atomic mass is 10.0. The molecule has 4 atom stereocenters. The number of amides is 1. The van der Waals surface area contributed by atoms with E-state index in [9.17, 15) is 14.3 Å². The minimum Gasteiger partial charge on any atom is -0.497 e. The Morgan fingerprint density at radius 3 is 2.56 bits per heavy atom. The summed E-state index contributed by atoms with van der Waals surface area (Å²) in [5.41, 5.74) is 1.29. The van der Waals surface area contributed by atoms with Crippen LogP contribution in [0.15, 0.2) is 48.5 Å². The molecule has 25 heavy (non-hydrogen) atoms. The number of methoxy groups -OCH3 is 1. The van der Waals surface area contributed by atoms with Crippen LogP contribution in [0, 0.1) is 11.7 Å². The van der Waals surface area contributed by atoms with Gasteiger partial charge in [-0.05, 0) is 48.6 Å². The van der Waals surface area contributed by atoms with E-state index < -0.39 is 12.1 Å². The van der Waals surface area contributed by atoms with Gasteiger partial charge in [-0.25, -0.2) is 4.39 Å². The van der Waals surface area contributed by atoms with Crippen molar-refractivity contribution in [2.45, 2.75) is 31.4 Å². The lowest BCUT2D eigenvalue weighted by Crippen LogP contribution is -2.38. The van der Waals surface area contributed by atoms with E-state index in [0.29, 0.717) is 23.3 Å². The molecule has 1 saturated carbocycles. The molecule has 2 N–H and O–H groups in total. The van der Waals surface area contributed by atoms with Gasteiger partial charge in [0.05, 0.1) is 19.3 Å². The normalized spacial score (nSPS) is 21.3. The van der Waals surface area contributed by atoms with Crippen LogP contribution >= 0.6 is 0 Å². The van der Waals surface area contributed by atoms with Crippen molar-refractivity contribution in [3.8, 4) is 5.75 Å². The highest BCUT2D eigenvalue weighted by Crippen LogP contribution is 2.48. The van der Waals surface area contributed by atoms with Gasteiger partial charge in [0, 0.05) is 5.92 Å². The van der Waals surface area contributed by atoms with E-state index in [0.717, 1.165) is 0 Å². The summed E-state index contributed by atoms with van der Waals surface area (Å²) in [5.74, 6) is -0.0188. The SMILES string of the molecule is COc1ccc(C(O)C(C)NC(=O)C2CC2c2ccccc2F)cc1. The zero-order valence-corrected chi connectivity index (χ0v) is 14.3. The summed E-state index contributed by atoms with van der Waals surface area (Å²) in [4.78, 5) is 12.4. The second-order valence-electron chi connectivity index (χ2n) is 6.49. The summed E-state index contributed by atoms with van der Waals surface area (Å²) in [6.45, 7) is 1.76. The standard InChI is InChI=1S/C20H22FNO3/c1-12(19(23)13-7-9-14(25-2)10-8-13)22-20(24)17-11-16(17)15-5-3-4-6-18(15)21/h3-10,12,16-17,19,23H,11H2,1-2H3,(H,22,24). The molecule has 4 unspecified atom stereocenters. The van der Waals surface area contributed by atoms with Gasteiger partial charge in [-0.2, -0.15) is 0 Å². The Bertz CT molecular complexity index is 747. The van der Waals surface area contributed by atoms with Gasteiger partial charge in [-0.15, -0.1) is 0 Å². The topological polar surface area (TPSA) is 58.6 Å². The average molecular weight is 343 g/mol. The first-order valence-corrected chi connectivity index (χ1v) is 8.38. The van der Waals surface area contributed by atoms with E-state index in [2.05, 4.69) is 5.32 Å². The van der Waals surface area contributed by atoms with Crippen molar-refractivity contribution in [3.05, 3.63) is 65.5 Å². The van der Waals surface area contributed by atoms with E-state index in [1.807, 2.05) is 0 Å². The van der Waals surface area contributed by atoms with Gasteiger partial charge in [0.15, 0.2) is 0 Å². The molecule has 0 heterocycles. The van der Waals surface area contributed by atoms with Crippen LogP contribution in [0.3, 0.4) is 0 Å². The molecule has 3 rings (SSSR count). The molecule has 1 fully saturated rings. The summed E-state index contributed by atoms with van der Waals surface area (Å²) >= 11 is 0. The first kappa shape index (κ1) is 17.4. The Kier molecular flexibility index (Phi) is 5.04. The summed E-state index contributed by atoms with van der Waals surface area (Å²) < 4.78 is 18.9. The highest BCUT2D eigenvalue weighted by molar-refractivity contribution is 5.83. The van der Waals surface area contributed by atoms with Crippen molar-refractivity contribution in [1.82, 2.24) is 5.32 Å². The molecule has 5 heteroatoms. The van der Waals surface area contributed by atoms with Crippen LogP contribution in [0.2, 0.25) is 0 Å². The highest BCUT2D eigenvalue weighted by atomic mass is 19.1. The van der Waals surface area contributed by atoms with Gasteiger partial charge in [0.1, 0.15) is 11.6 Å². The Hall–Kier alpha value is -2.40. The Morgan fingerprint density at radius 1 is 1.24 bits per heavy atom. The number of hydrogen-bond donors (Lipinski definition) is 2. The molecule has 1 aliphatic rings. The number of carbonyl (C=O) groups excluding carboxylic acids is 1. The second kappa shape index (κ2) is 7.23. The molecule has 1 aliphatic carbocycles. The maximum absolute atomic E-state index is 13.8. The largest absolute Gasteiger partial charge is 0.497 e. The van der Waals surface area contributed by atoms with Crippen LogP contribution in [0.25, 0.3) is 0 Å². The predicted molar refractivity (Wildman–Crippen MR) is 92.8 cm³/mol. The second-order valence-corrected chi connectivity index (χ2v) is 6.49. The highest BCUT2D eigenvalue weighted by Gasteiger charge is 2.45. The van der Waals surface area contributed by atoms with E-state index in [-0.39, 0.29) is 23.6 Å². The van der Waals surface area contributed by atoms with E-state index in [4.69, 9.17) is 4.74 Å². The van der Waals surface area contributed by atoms with E-state index >= 15 is 0 Å². The Balaban J connectivity index is 1.58. The molecule has 0 bridgehead atoms. The van der Waals surface area contributed by atoms with Gasteiger partial charge in [-0.1, -0.05) is 30.3 Å². The van der Waals surface area contributed by atoms with Gasteiger partial charge < -0.3 is 15.2 Å².